The number of aliphatic imine (C=N–C) groups is 2. The molecule has 6 heteroatoms. The maximum atomic E-state index is 11.9. The molecule has 0 N–H and O–H groups in total. The first kappa shape index (κ1) is 13.0. The number of benzene rings is 2. The molecule has 0 aliphatic carbocycles. The van der Waals surface area contributed by atoms with Gasteiger partial charge in [0.05, 0.1) is 17.2 Å². The third-order valence-electron chi connectivity index (χ3n) is 3.20. The average Bonchev–Trinajstić information content (AvgIpc) is 2.93. The lowest BCUT2D eigenvalue weighted by atomic mass is 10.1. The van der Waals surface area contributed by atoms with E-state index in [4.69, 9.17) is 0 Å². The maximum absolute atomic E-state index is 11.9. The Kier molecular flexibility index (Phi) is 3.19. The van der Waals surface area contributed by atoms with E-state index in [9.17, 15) is 15.2 Å². The Balaban J connectivity index is 1.91. The van der Waals surface area contributed by atoms with Crippen molar-refractivity contribution in [2.75, 3.05) is 0 Å². The normalized spacial score (nSPS) is 12.8. The highest BCUT2D eigenvalue weighted by molar-refractivity contribution is 5.89. The summed E-state index contributed by atoms with van der Waals surface area (Å²) >= 11 is 0. The molecule has 0 saturated carbocycles. The monoisotopic (exact) mass is 280 g/mol. The Hall–Kier alpha value is -3.02. The Morgan fingerprint density at radius 2 is 2.14 bits per heavy atom. The number of hydrogen-bond acceptors (Lipinski definition) is 5. The summed E-state index contributed by atoms with van der Waals surface area (Å²) < 4.78 is 0. The van der Waals surface area contributed by atoms with Crippen LogP contribution in [-0.2, 0) is 6.54 Å². The molecule has 21 heavy (non-hydrogen) atoms. The van der Waals surface area contributed by atoms with E-state index in [-0.39, 0.29) is 5.56 Å². The summed E-state index contributed by atoms with van der Waals surface area (Å²) in [5.74, 6) is -0.631. The Bertz CT molecular complexity index is 782. The summed E-state index contributed by atoms with van der Waals surface area (Å²) in [6.45, 7) is 0.676. The second kappa shape index (κ2) is 5.16. The van der Waals surface area contributed by atoms with Crippen LogP contribution in [0, 0.1) is 10.1 Å². The van der Waals surface area contributed by atoms with Crippen molar-refractivity contribution in [2.24, 2.45) is 9.98 Å². The minimum Gasteiger partial charge on any atom is -0.867 e. The molecule has 0 bridgehead atoms. The van der Waals surface area contributed by atoms with Crippen LogP contribution in [0.3, 0.4) is 0 Å². The number of para-hydroxylation sites is 1. The first-order valence-electron chi connectivity index (χ1n) is 6.26. The SMILES string of the molecule is O=[N+]([O-])c1cccc(C=Nc2ccc3c(c2)C=NC3)c1[O-]. The van der Waals surface area contributed by atoms with Gasteiger partial charge in [-0.1, -0.05) is 18.2 Å². The van der Waals surface area contributed by atoms with Crippen LogP contribution in [-0.4, -0.2) is 17.4 Å². The molecule has 2 aromatic carbocycles. The van der Waals surface area contributed by atoms with Gasteiger partial charge in [0.25, 0.3) is 5.69 Å². The topological polar surface area (TPSA) is 90.9 Å². The van der Waals surface area contributed by atoms with Crippen molar-refractivity contribution in [3.05, 3.63) is 63.2 Å². The van der Waals surface area contributed by atoms with Crippen LogP contribution in [0.1, 0.15) is 16.7 Å². The molecule has 0 spiro atoms. The fraction of sp³-hybridized carbons (Fsp3) is 0.0667. The van der Waals surface area contributed by atoms with Gasteiger partial charge in [-0.15, -0.1) is 0 Å². The van der Waals surface area contributed by atoms with Gasteiger partial charge < -0.3 is 5.11 Å². The molecule has 1 aliphatic rings. The first-order chi connectivity index (χ1) is 10.1. The van der Waals surface area contributed by atoms with Crippen molar-refractivity contribution >= 4 is 23.8 Å². The second-order valence-corrected chi connectivity index (χ2v) is 4.56. The molecule has 2 aromatic rings. The van der Waals surface area contributed by atoms with Crippen molar-refractivity contribution in [3.63, 3.8) is 0 Å². The minimum absolute atomic E-state index is 0.193. The van der Waals surface area contributed by atoms with Crippen LogP contribution in [0.25, 0.3) is 0 Å². The predicted octanol–water partition coefficient (Wildman–Crippen LogP) is 2.35. The first-order valence-corrected chi connectivity index (χ1v) is 6.26. The molecule has 0 saturated heterocycles. The molecule has 0 amide bonds. The molecule has 0 radical (unpaired) electrons. The summed E-state index contributed by atoms with van der Waals surface area (Å²) in [4.78, 5) is 18.4. The molecule has 6 nitrogen and oxygen atoms in total. The number of nitro groups is 1. The summed E-state index contributed by atoms with van der Waals surface area (Å²) in [6.07, 6.45) is 3.13. The predicted molar refractivity (Wildman–Crippen MR) is 77.5 cm³/mol. The number of hydrogen-bond donors (Lipinski definition) is 0. The standard InChI is InChI=1S/C15H11N3O3/c19-15-11(2-1-3-14(15)18(20)21)9-17-13-5-4-10-7-16-8-12(10)6-13/h1-6,8-9,19H,7H2/p-1. The molecule has 0 aromatic heterocycles. The van der Waals surface area contributed by atoms with E-state index in [1.54, 1.807) is 6.21 Å². The Morgan fingerprint density at radius 1 is 1.29 bits per heavy atom. The van der Waals surface area contributed by atoms with Gasteiger partial charge in [-0.3, -0.25) is 20.1 Å². The highest BCUT2D eigenvalue weighted by Gasteiger charge is 2.08. The Morgan fingerprint density at radius 3 is 2.95 bits per heavy atom. The van der Waals surface area contributed by atoms with E-state index in [0.717, 1.165) is 11.1 Å². The minimum atomic E-state index is -0.689. The largest absolute Gasteiger partial charge is 0.867 e. The smallest absolute Gasteiger partial charge is 0.262 e. The summed E-state index contributed by atoms with van der Waals surface area (Å²) in [5.41, 5.74) is 2.56. The van der Waals surface area contributed by atoms with E-state index in [1.165, 1.54) is 24.4 Å². The van der Waals surface area contributed by atoms with Gasteiger partial charge >= 0.3 is 0 Å². The van der Waals surface area contributed by atoms with E-state index < -0.39 is 16.4 Å². The number of fused-ring (bicyclic) bond motifs is 1. The fourth-order valence-electron chi connectivity index (χ4n) is 2.10. The molecular weight excluding hydrogens is 270 g/mol. The van der Waals surface area contributed by atoms with Crippen LogP contribution in [0.4, 0.5) is 11.4 Å². The van der Waals surface area contributed by atoms with Gasteiger partial charge in [-0.2, -0.15) is 0 Å². The zero-order valence-corrected chi connectivity index (χ0v) is 10.9. The summed E-state index contributed by atoms with van der Waals surface area (Å²) in [5, 5.41) is 22.6. The van der Waals surface area contributed by atoms with E-state index in [2.05, 4.69) is 9.98 Å². The van der Waals surface area contributed by atoms with Crippen molar-refractivity contribution in [2.45, 2.75) is 6.54 Å². The molecule has 0 atom stereocenters. The molecule has 0 fully saturated rings. The Labute approximate surface area is 120 Å². The average molecular weight is 280 g/mol. The molecule has 3 rings (SSSR count). The lowest BCUT2D eigenvalue weighted by molar-refractivity contribution is -0.398. The van der Waals surface area contributed by atoms with Crippen LogP contribution in [0.5, 0.6) is 5.75 Å². The molecular formula is C15H10N3O3-. The molecule has 1 aliphatic heterocycles. The van der Waals surface area contributed by atoms with Crippen LogP contribution in [0.15, 0.2) is 46.4 Å². The van der Waals surface area contributed by atoms with Crippen molar-refractivity contribution < 1.29 is 10.0 Å². The van der Waals surface area contributed by atoms with E-state index in [0.29, 0.717) is 12.2 Å². The molecule has 104 valence electrons. The van der Waals surface area contributed by atoms with Gasteiger partial charge in [-0.05, 0) is 34.6 Å². The highest BCUT2D eigenvalue weighted by atomic mass is 16.6. The van der Waals surface area contributed by atoms with Crippen LogP contribution in [0.2, 0.25) is 0 Å². The third kappa shape index (κ3) is 2.51. The lowest BCUT2D eigenvalue weighted by Gasteiger charge is -2.09. The number of nitro benzene ring substituents is 1. The van der Waals surface area contributed by atoms with Crippen molar-refractivity contribution in [1.29, 1.82) is 0 Å². The van der Waals surface area contributed by atoms with Crippen molar-refractivity contribution in [3.8, 4) is 5.75 Å². The molecule has 1 heterocycles. The van der Waals surface area contributed by atoms with Crippen LogP contribution < -0.4 is 5.11 Å². The van der Waals surface area contributed by atoms with Gasteiger partial charge in [0, 0.05) is 18.5 Å². The fourth-order valence-corrected chi connectivity index (χ4v) is 2.10. The second-order valence-electron chi connectivity index (χ2n) is 4.56. The highest BCUT2D eigenvalue weighted by Crippen LogP contribution is 2.26. The zero-order chi connectivity index (χ0) is 14.8. The third-order valence-corrected chi connectivity index (χ3v) is 3.20. The van der Waals surface area contributed by atoms with E-state index in [1.807, 2.05) is 18.2 Å². The van der Waals surface area contributed by atoms with Gasteiger partial charge in [0.1, 0.15) is 0 Å². The van der Waals surface area contributed by atoms with Crippen LogP contribution >= 0.6 is 0 Å². The number of nitrogens with zero attached hydrogens (tertiary/aromatic N) is 3. The lowest BCUT2D eigenvalue weighted by Crippen LogP contribution is -2.01. The summed E-state index contributed by atoms with van der Waals surface area (Å²) in [6, 6.07) is 9.78. The van der Waals surface area contributed by atoms with Gasteiger partial charge in [0.15, 0.2) is 0 Å². The zero-order valence-electron chi connectivity index (χ0n) is 10.9. The van der Waals surface area contributed by atoms with Gasteiger partial charge in [-0.25, -0.2) is 0 Å². The van der Waals surface area contributed by atoms with Gasteiger partial charge in [0.2, 0.25) is 0 Å². The van der Waals surface area contributed by atoms with Crippen molar-refractivity contribution in [1.82, 2.24) is 0 Å². The summed E-state index contributed by atoms with van der Waals surface area (Å²) in [7, 11) is 0. The molecule has 0 unspecified atom stereocenters. The quantitative estimate of drug-likeness (QED) is 0.491. The number of rotatable bonds is 3. The van der Waals surface area contributed by atoms with E-state index >= 15 is 0 Å². The maximum Gasteiger partial charge on any atom is 0.262 e.